The molecule has 0 bridgehead atoms. The molecule has 28 heavy (non-hydrogen) atoms. The highest BCUT2D eigenvalue weighted by molar-refractivity contribution is 7.91. The van der Waals surface area contributed by atoms with Crippen molar-refractivity contribution in [3.63, 3.8) is 0 Å². The van der Waals surface area contributed by atoms with E-state index in [4.69, 9.17) is 4.74 Å². The summed E-state index contributed by atoms with van der Waals surface area (Å²) in [6, 6.07) is 6.51. The molecule has 7 nitrogen and oxygen atoms in total. The van der Waals surface area contributed by atoms with Gasteiger partial charge in [-0.25, -0.2) is 12.8 Å². The van der Waals surface area contributed by atoms with Crippen molar-refractivity contribution in [1.82, 2.24) is 15.5 Å². The van der Waals surface area contributed by atoms with Crippen LogP contribution in [0.5, 0.6) is 0 Å². The van der Waals surface area contributed by atoms with Crippen LogP contribution in [0.1, 0.15) is 25.5 Å². The van der Waals surface area contributed by atoms with Crippen LogP contribution in [0.15, 0.2) is 29.3 Å². The largest absolute Gasteiger partial charge is 0.379 e. The highest BCUT2D eigenvalue weighted by Gasteiger charge is 2.22. The van der Waals surface area contributed by atoms with E-state index in [1.165, 1.54) is 12.1 Å². The van der Waals surface area contributed by atoms with Crippen LogP contribution in [-0.4, -0.2) is 76.7 Å². The van der Waals surface area contributed by atoms with Gasteiger partial charge in [-0.15, -0.1) is 0 Å². The number of guanidine groups is 1. The maximum absolute atomic E-state index is 13.3. The van der Waals surface area contributed by atoms with E-state index in [0.29, 0.717) is 38.8 Å². The predicted octanol–water partition coefficient (Wildman–Crippen LogP) is 1.19. The van der Waals surface area contributed by atoms with E-state index in [-0.39, 0.29) is 23.4 Å². The summed E-state index contributed by atoms with van der Waals surface area (Å²) in [7, 11) is -3.03. The van der Waals surface area contributed by atoms with Crippen molar-refractivity contribution in [3.8, 4) is 0 Å². The molecule has 1 atom stereocenters. The first-order valence-electron chi connectivity index (χ1n) is 9.75. The van der Waals surface area contributed by atoms with Gasteiger partial charge in [0.05, 0.1) is 31.6 Å². The van der Waals surface area contributed by atoms with Crippen molar-refractivity contribution in [1.29, 1.82) is 0 Å². The second-order valence-corrected chi connectivity index (χ2v) is 9.07. The number of hydrogen-bond donors (Lipinski definition) is 2. The van der Waals surface area contributed by atoms with Crippen molar-refractivity contribution in [3.05, 3.63) is 35.6 Å². The quantitative estimate of drug-likeness (QED) is 0.467. The number of halogens is 1. The Morgan fingerprint density at radius 2 is 1.89 bits per heavy atom. The fraction of sp³-hybridized carbons (Fsp3) is 0.632. The zero-order chi connectivity index (χ0) is 20.4. The fourth-order valence-corrected chi connectivity index (χ4v) is 3.70. The summed E-state index contributed by atoms with van der Waals surface area (Å²) in [5.41, 5.74) is 0.997. The van der Waals surface area contributed by atoms with Crippen molar-refractivity contribution in [2.75, 3.05) is 57.4 Å². The third kappa shape index (κ3) is 7.37. The Labute approximate surface area is 167 Å². The van der Waals surface area contributed by atoms with Crippen molar-refractivity contribution in [2.24, 2.45) is 4.99 Å². The molecule has 158 valence electrons. The zero-order valence-corrected chi connectivity index (χ0v) is 17.5. The van der Waals surface area contributed by atoms with Crippen LogP contribution in [0.3, 0.4) is 0 Å². The maximum atomic E-state index is 13.3. The van der Waals surface area contributed by atoms with Crippen molar-refractivity contribution in [2.45, 2.75) is 19.9 Å². The van der Waals surface area contributed by atoms with Crippen molar-refractivity contribution >= 4 is 15.8 Å². The Bertz CT molecular complexity index is 719. The number of nitrogens with zero attached hydrogens (tertiary/aromatic N) is 2. The summed E-state index contributed by atoms with van der Waals surface area (Å²) >= 11 is 0. The van der Waals surface area contributed by atoms with E-state index < -0.39 is 9.84 Å². The van der Waals surface area contributed by atoms with Crippen LogP contribution in [0.2, 0.25) is 0 Å². The van der Waals surface area contributed by atoms with E-state index in [2.05, 4.69) is 20.5 Å². The molecule has 0 aromatic heterocycles. The van der Waals surface area contributed by atoms with Gasteiger partial charge in [-0.3, -0.25) is 9.89 Å². The molecule has 0 spiro atoms. The summed E-state index contributed by atoms with van der Waals surface area (Å²) in [6.07, 6.45) is 0. The van der Waals surface area contributed by atoms with Crippen LogP contribution in [0.25, 0.3) is 0 Å². The lowest BCUT2D eigenvalue weighted by Crippen LogP contribution is -2.42. The van der Waals surface area contributed by atoms with Gasteiger partial charge in [-0.1, -0.05) is 19.1 Å². The van der Waals surface area contributed by atoms with E-state index in [9.17, 15) is 12.8 Å². The third-order valence-electron chi connectivity index (χ3n) is 4.65. The first kappa shape index (κ1) is 22.6. The zero-order valence-electron chi connectivity index (χ0n) is 16.7. The average molecular weight is 415 g/mol. The summed E-state index contributed by atoms with van der Waals surface area (Å²) in [6.45, 7) is 7.95. The summed E-state index contributed by atoms with van der Waals surface area (Å²) in [4.78, 5) is 6.94. The molecule has 1 aliphatic heterocycles. The first-order chi connectivity index (χ1) is 13.4. The monoisotopic (exact) mass is 414 g/mol. The summed E-state index contributed by atoms with van der Waals surface area (Å²) < 4.78 is 42.1. The van der Waals surface area contributed by atoms with E-state index in [0.717, 1.165) is 18.7 Å². The molecule has 1 aliphatic rings. The molecular weight excluding hydrogens is 383 g/mol. The number of rotatable bonds is 9. The molecule has 1 heterocycles. The van der Waals surface area contributed by atoms with E-state index in [1.807, 2.05) is 6.92 Å². The number of sulfone groups is 1. The Morgan fingerprint density at radius 1 is 1.21 bits per heavy atom. The van der Waals surface area contributed by atoms with E-state index in [1.54, 1.807) is 19.1 Å². The Balaban J connectivity index is 2.09. The molecule has 1 aromatic rings. The molecule has 9 heteroatoms. The molecule has 2 rings (SSSR count). The number of benzene rings is 1. The molecule has 2 N–H and O–H groups in total. The second kappa shape index (κ2) is 11.3. The van der Waals surface area contributed by atoms with E-state index >= 15 is 0 Å². The number of aliphatic imine (C=N–C) groups is 1. The molecule has 1 saturated heterocycles. The summed E-state index contributed by atoms with van der Waals surface area (Å²) in [5.74, 6) is 0.513. The molecular formula is C19H31FN4O3S. The molecule has 1 aromatic carbocycles. The van der Waals surface area contributed by atoms with Crippen LogP contribution >= 0.6 is 0 Å². The molecule has 0 saturated carbocycles. The van der Waals surface area contributed by atoms with Gasteiger partial charge in [0.2, 0.25) is 0 Å². The van der Waals surface area contributed by atoms with Gasteiger partial charge in [-0.2, -0.15) is 0 Å². The molecule has 0 amide bonds. The number of ether oxygens (including phenoxy) is 1. The highest BCUT2D eigenvalue weighted by atomic mass is 32.2. The molecule has 1 unspecified atom stereocenters. The normalized spacial score (nSPS) is 17.3. The van der Waals surface area contributed by atoms with Gasteiger partial charge in [0.25, 0.3) is 0 Å². The van der Waals surface area contributed by atoms with Crippen LogP contribution in [0.4, 0.5) is 4.39 Å². The minimum absolute atomic E-state index is 0.000620. The number of morpholine rings is 1. The smallest absolute Gasteiger partial charge is 0.191 e. The third-order valence-corrected chi connectivity index (χ3v) is 6.36. The van der Waals surface area contributed by atoms with Crippen LogP contribution in [-0.2, 0) is 14.6 Å². The topological polar surface area (TPSA) is 83.0 Å². The van der Waals surface area contributed by atoms with Gasteiger partial charge in [-0.05, 0) is 24.6 Å². The van der Waals surface area contributed by atoms with Gasteiger partial charge >= 0.3 is 0 Å². The lowest BCUT2D eigenvalue weighted by atomic mass is 10.0. The lowest BCUT2D eigenvalue weighted by Gasteiger charge is -2.34. The minimum atomic E-state index is -3.03. The Morgan fingerprint density at radius 3 is 2.50 bits per heavy atom. The van der Waals surface area contributed by atoms with Gasteiger partial charge in [0, 0.05) is 31.9 Å². The van der Waals surface area contributed by atoms with Gasteiger partial charge < -0.3 is 15.4 Å². The fourth-order valence-electron chi connectivity index (χ4n) is 2.99. The Kier molecular flexibility index (Phi) is 9.14. The minimum Gasteiger partial charge on any atom is -0.379 e. The Hall–Kier alpha value is -1.71. The number of hydrogen-bond acceptors (Lipinski definition) is 5. The SMILES string of the molecule is CCNC(=NCC(c1ccc(F)cc1)N1CCOCC1)NCCS(=O)(=O)CC. The molecule has 0 aliphatic carbocycles. The number of nitrogens with one attached hydrogen (secondary N) is 2. The molecule has 1 fully saturated rings. The summed E-state index contributed by atoms with van der Waals surface area (Å²) in [5, 5.41) is 6.23. The van der Waals surface area contributed by atoms with Gasteiger partial charge in [0.1, 0.15) is 5.82 Å². The molecule has 0 radical (unpaired) electrons. The average Bonchev–Trinajstić information content (AvgIpc) is 2.70. The highest BCUT2D eigenvalue weighted by Crippen LogP contribution is 2.22. The van der Waals surface area contributed by atoms with Gasteiger partial charge in [0.15, 0.2) is 15.8 Å². The maximum Gasteiger partial charge on any atom is 0.191 e. The lowest BCUT2D eigenvalue weighted by molar-refractivity contribution is 0.0179. The second-order valence-electron chi connectivity index (χ2n) is 6.60. The van der Waals surface area contributed by atoms with Crippen LogP contribution in [0, 0.1) is 5.82 Å². The van der Waals surface area contributed by atoms with Crippen LogP contribution < -0.4 is 10.6 Å². The predicted molar refractivity (Wildman–Crippen MR) is 110 cm³/mol. The first-order valence-corrected chi connectivity index (χ1v) is 11.6. The van der Waals surface area contributed by atoms with Crippen molar-refractivity contribution < 1.29 is 17.5 Å². The standard InChI is InChI=1S/C19H31FN4O3S/c1-3-21-19(22-9-14-28(25,26)4-2)23-15-18(24-10-12-27-13-11-24)16-5-7-17(20)8-6-16/h5-8,18H,3-4,9-15H2,1-2H3,(H2,21,22,23).